The van der Waals surface area contributed by atoms with E-state index in [0.29, 0.717) is 0 Å². The van der Waals surface area contributed by atoms with Crippen molar-refractivity contribution in [2.45, 2.75) is 12.8 Å². The van der Waals surface area contributed by atoms with Crippen LogP contribution in [0.5, 0.6) is 5.88 Å². The summed E-state index contributed by atoms with van der Waals surface area (Å²) in [5.41, 5.74) is -4.44. The molecular formula is C8H2ClF5N2O4. The van der Waals surface area contributed by atoms with Crippen LogP contribution in [0, 0.1) is 10.1 Å². The third-order valence-corrected chi connectivity index (χ3v) is 2.08. The number of carbonyl (C=O) groups is 1. The lowest BCUT2D eigenvalue weighted by atomic mass is 10.1. The minimum Gasteiger partial charge on any atom is -0.387 e. The zero-order valence-corrected chi connectivity index (χ0v) is 9.71. The maximum absolute atomic E-state index is 12.7. The summed E-state index contributed by atoms with van der Waals surface area (Å²) in [6.07, 6.45) is -8.88. The zero-order valence-electron chi connectivity index (χ0n) is 8.95. The summed E-state index contributed by atoms with van der Waals surface area (Å²) in [7, 11) is 0. The highest BCUT2D eigenvalue weighted by Gasteiger charge is 2.39. The number of alkyl halides is 5. The summed E-state index contributed by atoms with van der Waals surface area (Å²) in [6, 6.07) is 0. The van der Waals surface area contributed by atoms with Gasteiger partial charge >= 0.3 is 6.36 Å². The second kappa shape index (κ2) is 5.53. The molecule has 20 heavy (non-hydrogen) atoms. The van der Waals surface area contributed by atoms with Gasteiger partial charge in [0.15, 0.2) is 5.56 Å². The van der Waals surface area contributed by atoms with Crippen LogP contribution in [0.1, 0.15) is 22.3 Å². The predicted octanol–water partition coefficient (Wildman–Crippen LogP) is 3.21. The van der Waals surface area contributed by atoms with Crippen LogP contribution in [0.25, 0.3) is 0 Å². The largest absolute Gasteiger partial charge is 0.574 e. The van der Waals surface area contributed by atoms with Crippen LogP contribution in [0.2, 0.25) is 0 Å². The first-order valence-electron chi connectivity index (χ1n) is 4.45. The third kappa shape index (κ3) is 3.50. The van der Waals surface area contributed by atoms with Gasteiger partial charge < -0.3 is 4.74 Å². The molecule has 0 aliphatic carbocycles. The summed E-state index contributed by atoms with van der Waals surface area (Å²) >= 11 is 4.92. The van der Waals surface area contributed by atoms with Crippen LogP contribution in [0.4, 0.5) is 27.6 Å². The van der Waals surface area contributed by atoms with Gasteiger partial charge in [0.1, 0.15) is 5.56 Å². The molecule has 0 aliphatic rings. The normalized spacial score (nSPS) is 11.6. The molecule has 0 aliphatic heterocycles. The fourth-order valence-electron chi connectivity index (χ4n) is 1.23. The van der Waals surface area contributed by atoms with Gasteiger partial charge in [0.2, 0.25) is 5.88 Å². The lowest BCUT2D eigenvalue weighted by molar-refractivity contribution is -0.386. The Kier molecular flexibility index (Phi) is 4.43. The van der Waals surface area contributed by atoms with E-state index in [2.05, 4.69) is 9.72 Å². The van der Waals surface area contributed by atoms with Gasteiger partial charge in [-0.05, 0) is 11.6 Å². The van der Waals surface area contributed by atoms with Crippen molar-refractivity contribution in [3.8, 4) is 5.88 Å². The average molecular weight is 321 g/mol. The Balaban J connectivity index is 3.61. The van der Waals surface area contributed by atoms with Crippen molar-refractivity contribution in [3.63, 3.8) is 0 Å². The van der Waals surface area contributed by atoms with Gasteiger partial charge in [-0.1, -0.05) is 0 Å². The summed E-state index contributed by atoms with van der Waals surface area (Å²) in [5, 5.41) is 9.14. The number of aromatic nitrogens is 1. The van der Waals surface area contributed by atoms with Crippen LogP contribution in [0.15, 0.2) is 6.20 Å². The Morgan fingerprint density at radius 1 is 1.45 bits per heavy atom. The van der Waals surface area contributed by atoms with Crippen LogP contribution in [0.3, 0.4) is 0 Å². The van der Waals surface area contributed by atoms with E-state index in [1.54, 1.807) is 0 Å². The minimum absolute atomic E-state index is 0.250. The van der Waals surface area contributed by atoms with Crippen LogP contribution < -0.4 is 4.74 Å². The number of hydrogen-bond acceptors (Lipinski definition) is 5. The summed E-state index contributed by atoms with van der Waals surface area (Å²) in [6.45, 7) is 0. The number of ether oxygens (including phenoxy) is 1. The van der Waals surface area contributed by atoms with Crippen LogP contribution in [-0.2, 0) is 0 Å². The molecule has 1 aromatic rings. The van der Waals surface area contributed by atoms with Crippen molar-refractivity contribution in [1.29, 1.82) is 0 Å². The summed E-state index contributed by atoms with van der Waals surface area (Å²) < 4.78 is 64.6. The number of nitrogens with zero attached hydrogens (tertiary/aromatic N) is 2. The molecule has 0 aromatic carbocycles. The fraction of sp³-hybridized carbons (Fsp3) is 0.250. The Labute approximate surface area is 111 Å². The monoisotopic (exact) mass is 320 g/mol. The van der Waals surface area contributed by atoms with E-state index < -0.39 is 45.6 Å². The number of nitro groups is 1. The van der Waals surface area contributed by atoms with E-state index in [4.69, 9.17) is 11.6 Å². The number of hydrogen-bond donors (Lipinski definition) is 0. The first-order chi connectivity index (χ1) is 9.04. The predicted molar refractivity (Wildman–Crippen MR) is 52.7 cm³/mol. The quantitative estimate of drug-likeness (QED) is 0.368. The molecule has 1 aromatic heterocycles. The SMILES string of the molecule is O=C(Cl)c1cnc(OC(F)(F)F)c(C(F)F)c1[N+](=O)[O-]. The van der Waals surface area contributed by atoms with Gasteiger partial charge in [0, 0.05) is 0 Å². The number of carbonyl (C=O) groups excluding carboxylic acids is 1. The molecule has 0 saturated heterocycles. The van der Waals surface area contributed by atoms with Crippen molar-refractivity contribution in [2.75, 3.05) is 0 Å². The van der Waals surface area contributed by atoms with Crippen LogP contribution >= 0.6 is 11.6 Å². The summed E-state index contributed by atoms with van der Waals surface area (Å²) in [4.78, 5) is 22.9. The maximum atomic E-state index is 12.7. The van der Waals surface area contributed by atoms with E-state index in [-0.39, 0.29) is 6.20 Å². The molecule has 0 fully saturated rings. The van der Waals surface area contributed by atoms with E-state index in [0.717, 1.165) is 0 Å². The van der Waals surface area contributed by atoms with Gasteiger partial charge in [0.05, 0.1) is 11.1 Å². The molecule has 0 amide bonds. The molecule has 110 valence electrons. The molecule has 0 bridgehead atoms. The standard InChI is InChI=1S/C8H2ClF5N2O4/c9-5(17)2-1-15-7(20-8(12,13)14)3(6(10)11)4(2)16(18)19/h1,6H. The van der Waals surface area contributed by atoms with Crippen molar-refractivity contribution in [1.82, 2.24) is 4.98 Å². The Morgan fingerprint density at radius 2 is 2.00 bits per heavy atom. The maximum Gasteiger partial charge on any atom is 0.574 e. The molecule has 1 rings (SSSR count). The van der Waals surface area contributed by atoms with E-state index in [9.17, 15) is 36.9 Å². The molecule has 6 nitrogen and oxygen atoms in total. The molecular weight excluding hydrogens is 319 g/mol. The van der Waals surface area contributed by atoms with Crippen molar-refractivity contribution in [3.05, 3.63) is 27.4 Å². The topological polar surface area (TPSA) is 82.3 Å². The molecule has 0 radical (unpaired) electrons. The number of rotatable bonds is 4. The lowest BCUT2D eigenvalue weighted by Crippen LogP contribution is -2.20. The molecule has 0 unspecified atom stereocenters. The summed E-state index contributed by atoms with van der Waals surface area (Å²) in [5.74, 6) is -1.72. The third-order valence-electron chi connectivity index (χ3n) is 1.88. The van der Waals surface area contributed by atoms with Gasteiger partial charge in [0.25, 0.3) is 17.4 Å². The van der Waals surface area contributed by atoms with E-state index >= 15 is 0 Å². The average Bonchev–Trinajstić information content (AvgIpc) is 2.24. The highest BCUT2D eigenvalue weighted by atomic mass is 35.5. The Hall–Kier alpha value is -2.04. The van der Waals surface area contributed by atoms with Gasteiger partial charge in [-0.2, -0.15) is 0 Å². The highest BCUT2D eigenvalue weighted by molar-refractivity contribution is 6.68. The van der Waals surface area contributed by atoms with Gasteiger partial charge in [-0.15, -0.1) is 13.2 Å². The number of halogens is 6. The second-order valence-electron chi connectivity index (χ2n) is 3.12. The van der Waals surface area contributed by atoms with Gasteiger partial charge in [-0.25, -0.2) is 13.8 Å². The Morgan fingerprint density at radius 3 is 2.35 bits per heavy atom. The first kappa shape index (κ1) is 16.0. The Bertz CT molecular complexity index is 563. The van der Waals surface area contributed by atoms with Gasteiger partial charge in [-0.3, -0.25) is 14.9 Å². The van der Waals surface area contributed by atoms with Crippen molar-refractivity contribution in [2.24, 2.45) is 0 Å². The molecule has 0 saturated carbocycles. The van der Waals surface area contributed by atoms with Crippen molar-refractivity contribution >= 4 is 22.5 Å². The molecule has 1 heterocycles. The van der Waals surface area contributed by atoms with E-state index in [1.165, 1.54) is 0 Å². The second-order valence-corrected chi connectivity index (χ2v) is 3.46. The minimum atomic E-state index is -5.39. The zero-order chi connectivity index (χ0) is 15.7. The number of pyridine rings is 1. The molecule has 0 spiro atoms. The molecule has 0 N–H and O–H groups in total. The molecule has 0 atom stereocenters. The molecule has 12 heteroatoms. The van der Waals surface area contributed by atoms with Crippen molar-refractivity contribution < 1.29 is 36.4 Å². The first-order valence-corrected chi connectivity index (χ1v) is 4.83. The smallest absolute Gasteiger partial charge is 0.387 e. The van der Waals surface area contributed by atoms with E-state index in [1.807, 2.05) is 0 Å². The fourth-order valence-corrected chi connectivity index (χ4v) is 1.37. The highest BCUT2D eigenvalue weighted by Crippen LogP contribution is 2.39. The van der Waals surface area contributed by atoms with Crippen LogP contribution in [-0.4, -0.2) is 21.5 Å². The lowest BCUT2D eigenvalue weighted by Gasteiger charge is -2.12.